The first-order valence-corrected chi connectivity index (χ1v) is 5.93. The molecule has 2 heterocycles. The highest BCUT2D eigenvalue weighted by atomic mass is 32.2. The standard InChI is InChI=1S/C10H14N2OS/c1-6(2)8-9-7(4-3-5-14-9)10(13)12-11-8/h6H,3-5H2,1-2H3,(H,12,13). The number of nitrogens with zero attached hydrogens (tertiary/aromatic N) is 1. The van der Waals surface area contributed by atoms with E-state index in [0.717, 1.165) is 34.7 Å². The molecule has 0 aromatic carbocycles. The number of thioether (sulfide) groups is 1. The Hall–Kier alpha value is -0.770. The zero-order valence-electron chi connectivity index (χ0n) is 8.46. The Balaban J connectivity index is 2.59. The second-order valence-electron chi connectivity index (χ2n) is 3.85. The summed E-state index contributed by atoms with van der Waals surface area (Å²) in [7, 11) is 0. The quantitative estimate of drug-likeness (QED) is 0.770. The number of nitrogens with one attached hydrogen (secondary N) is 1. The lowest BCUT2D eigenvalue weighted by Gasteiger charge is -2.18. The molecule has 3 nitrogen and oxygen atoms in total. The molecular formula is C10H14N2OS. The van der Waals surface area contributed by atoms with Gasteiger partial charge in [-0.15, -0.1) is 11.8 Å². The number of aromatic nitrogens is 2. The minimum Gasteiger partial charge on any atom is -0.268 e. The third-order valence-electron chi connectivity index (χ3n) is 2.42. The molecule has 0 radical (unpaired) electrons. The van der Waals surface area contributed by atoms with Gasteiger partial charge in [0.05, 0.1) is 5.69 Å². The third-order valence-corrected chi connectivity index (χ3v) is 3.66. The Morgan fingerprint density at radius 1 is 1.50 bits per heavy atom. The summed E-state index contributed by atoms with van der Waals surface area (Å²) in [6.45, 7) is 4.21. The zero-order valence-corrected chi connectivity index (χ0v) is 9.28. The van der Waals surface area contributed by atoms with Gasteiger partial charge in [-0.1, -0.05) is 13.8 Å². The van der Waals surface area contributed by atoms with Crippen LogP contribution in [-0.4, -0.2) is 16.0 Å². The van der Waals surface area contributed by atoms with E-state index in [1.165, 1.54) is 0 Å². The van der Waals surface area contributed by atoms with E-state index < -0.39 is 0 Å². The number of hydrogen-bond acceptors (Lipinski definition) is 3. The van der Waals surface area contributed by atoms with E-state index in [-0.39, 0.29) is 5.56 Å². The van der Waals surface area contributed by atoms with Crippen molar-refractivity contribution < 1.29 is 0 Å². The molecule has 0 saturated heterocycles. The van der Waals surface area contributed by atoms with Crippen LogP contribution in [0.2, 0.25) is 0 Å². The van der Waals surface area contributed by atoms with E-state index in [4.69, 9.17) is 0 Å². The average Bonchev–Trinajstić information content (AvgIpc) is 2.18. The summed E-state index contributed by atoms with van der Waals surface area (Å²) in [5.41, 5.74) is 1.99. The van der Waals surface area contributed by atoms with Crippen molar-refractivity contribution in [2.75, 3.05) is 5.75 Å². The van der Waals surface area contributed by atoms with E-state index in [0.29, 0.717) is 5.92 Å². The minimum absolute atomic E-state index is 0.00315. The van der Waals surface area contributed by atoms with Gasteiger partial charge in [-0.25, -0.2) is 5.10 Å². The normalized spacial score (nSPS) is 15.6. The molecule has 0 saturated carbocycles. The highest BCUT2D eigenvalue weighted by Gasteiger charge is 2.19. The van der Waals surface area contributed by atoms with Gasteiger partial charge in [0, 0.05) is 10.5 Å². The molecule has 0 bridgehead atoms. The van der Waals surface area contributed by atoms with Crippen molar-refractivity contribution in [3.63, 3.8) is 0 Å². The van der Waals surface area contributed by atoms with E-state index in [1.807, 2.05) is 0 Å². The second kappa shape index (κ2) is 3.77. The second-order valence-corrected chi connectivity index (χ2v) is 4.96. The van der Waals surface area contributed by atoms with Crippen LogP contribution in [0.15, 0.2) is 9.69 Å². The molecule has 0 aliphatic carbocycles. The summed E-state index contributed by atoms with van der Waals surface area (Å²) in [4.78, 5) is 12.6. The molecular weight excluding hydrogens is 196 g/mol. The van der Waals surface area contributed by atoms with Crippen molar-refractivity contribution in [2.45, 2.75) is 37.5 Å². The fourth-order valence-electron chi connectivity index (χ4n) is 1.69. The maximum Gasteiger partial charge on any atom is 0.268 e. The lowest BCUT2D eigenvalue weighted by atomic mass is 10.1. The molecule has 1 aliphatic heterocycles. The lowest BCUT2D eigenvalue weighted by molar-refractivity contribution is 0.715. The summed E-state index contributed by atoms with van der Waals surface area (Å²) in [5, 5.41) is 6.72. The van der Waals surface area contributed by atoms with Gasteiger partial charge < -0.3 is 0 Å². The fraction of sp³-hybridized carbons (Fsp3) is 0.600. The predicted molar refractivity (Wildman–Crippen MR) is 58.0 cm³/mol. The van der Waals surface area contributed by atoms with Crippen LogP contribution in [0.4, 0.5) is 0 Å². The van der Waals surface area contributed by atoms with E-state index >= 15 is 0 Å². The van der Waals surface area contributed by atoms with Gasteiger partial charge >= 0.3 is 0 Å². The molecule has 2 rings (SSSR count). The van der Waals surface area contributed by atoms with Crippen LogP contribution in [-0.2, 0) is 6.42 Å². The molecule has 1 aromatic heterocycles. The Labute approximate surface area is 87.3 Å². The molecule has 0 fully saturated rings. The summed E-state index contributed by atoms with van der Waals surface area (Å²) in [5.74, 6) is 1.49. The summed E-state index contributed by atoms with van der Waals surface area (Å²) < 4.78 is 0. The highest BCUT2D eigenvalue weighted by Crippen LogP contribution is 2.32. The SMILES string of the molecule is CC(C)c1n[nH]c(=O)c2c1SCCC2. The molecule has 1 aromatic rings. The Bertz CT molecular complexity index is 398. The maximum absolute atomic E-state index is 11.5. The van der Waals surface area contributed by atoms with Gasteiger partial charge in [-0.05, 0) is 24.5 Å². The maximum atomic E-state index is 11.5. The van der Waals surface area contributed by atoms with Crippen LogP contribution < -0.4 is 5.56 Å². The predicted octanol–water partition coefficient (Wildman–Crippen LogP) is 1.93. The Morgan fingerprint density at radius 2 is 2.29 bits per heavy atom. The first-order chi connectivity index (χ1) is 6.70. The summed E-state index contributed by atoms with van der Waals surface area (Å²) in [6, 6.07) is 0. The van der Waals surface area contributed by atoms with E-state index in [9.17, 15) is 4.79 Å². The van der Waals surface area contributed by atoms with Crippen LogP contribution in [0.3, 0.4) is 0 Å². The number of fused-ring (bicyclic) bond motifs is 1. The first kappa shape index (κ1) is 9.77. The van der Waals surface area contributed by atoms with Gasteiger partial charge in [0.25, 0.3) is 5.56 Å². The molecule has 0 amide bonds. The number of rotatable bonds is 1. The fourth-order valence-corrected chi connectivity index (χ4v) is 2.98. The van der Waals surface area contributed by atoms with Crippen LogP contribution in [0.25, 0.3) is 0 Å². The monoisotopic (exact) mass is 210 g/mol. The van der Waals surface area contributed by atoms with Crippen molar-refractivity contribution in [2.24, 2.45) is 0 Å². The van der Waals surface area contributed by atoms with Crippen molar-refractivity contribution in [3.8, 4) is 0 Å². The average molecular weight is 210 g/mol. The van der Waals surface area contributed by atoms with Gasteiger partial charge in [0.2, 0.25) is 0 Å². The van der Waals surface area contributed by atoms with E-state index in [1.54, 1.807) is 11.8 Å². The number of hydrogen-bond donors (Lipinski definition) is 1. The number of H-pyrrole nitrogens is 1. The van der Waals surface area contributed by atoms with Crippen LogP contribution in [0, 0.1) is 0 Å². The topological polar surface area (TPSA) is 45.8 Å². The van der Waals surface area contributed by atoms with Gasteiger partial charge in [0.1, 0.15) is 0 Å². The molecule has 1 aliphatic rings. The molecule has 0 unspecified atom stereocenters. The van der Waals surface area contributed by atoms with Crippen LogP contribution >= 0.6 is 11.8 Å². The largest absolute Gasteiger partial charge is 0.268 e. The van der Waals surface area contributed by atoms with Crippen LogP contribution in [0.5, 0.6) is 0 Å². The molecule has 4 heteroatoms. The van der Waals surface area contributed by atoms with Crippen LogP contribution in [0.1, 0.15) is 37.4 Å². The van der Waals surface area contributed by atoms with Crippen molar-refractivity contribution in [3.05, 3.63) is 21.6 Å². The molecule has 1 N–H and O–H groups in total. The molecule has 0 spiro atoms. The summed E-state index contributed by atoms with van der Waals surface area (Å²) in [6.07, 6.45) is 2.00. The van der Waals surface area contributed by atoms with Crippen molar-refractivity contribution in [1.29, 1.82) is 0 Å². The van der Waals surface area contributed by atoms with Gasteiger partial charge in [-0.2, -0.15) is 5.10 Å². The van der Waals surface area contributed by atoms with Gasteiger partial charge in [0.15, 0.2) is 0 Å². The number of aromatic amines is 1. The minimum atomic E-state index is -0.00315. The smallest absolute Gasteiger partial charge is 0.268 e. The molecule has 0 atom stereocenters. The van der Waals surface area contributed by atoms with Gasteiger partial charge in [-0.3, -0.25) is 4.79 Å². The Kier molecular flexibility index (Phi) is 2.63. The highest BCUT2D eigenvalue weighted by molar-refractivity contribution is 7.99. The first-order valence-electron chi connectivity index (χ1n) is 4.94. The molecule has 76 valence electrons. The van der Waals surface area contributed by atoms with Crippen molar-refractivity contribution >= 4 is 11.8 Å². The summed E-state index contributed by atoms with van der Waals surface area (Å²) >= 11 is 1.78. The van der Waals surface area contributed by atoms with Crippen molar-refractivity contribution in [1.82, 2.24) is 10.2 Å². The molecule has 14 heavy (non-hydrogen) atoms. The Morgan fingerprint density at radius 3 is 3.00 bits per heavy atom. The van der Waals surface area contributed by atoms with E-state index in [2.05, 4.69) is 24.0 Å². The third kappa shape index (κ3) is 1.59. The zero-order chi connectivity index (χ0) is 10.1. The lowest BCUT2D eigenvalue weighted by Crippen LogP contribution is -2.21.